The molecule has 7 heteroatoms. The van der Waals surface area contributed by atoms with Crippen molar-refractivity contribution in [3.05, 3.63) is 16.8 Å². The van der Waals surface area contributed by atoms with E-state index in [-0.39, 0.29) is 17.3 Å². The fourth-order valence-corrected chi connectivity index (χ4v) is 1.41. The van der Waals surface area contributed by atoms with Crippen LogP contribution in [-0.2, 0) is 0 Å². The quantitative estimate of drug-likeness (QED) is 0.360. The predicted octanol–water partition coefficient (Wildman–Crippen LogP) is 0.907. The zero-order valence-electron chi connectivity index (χ0n) is 12.9. The Morgan fingerprint density at radius 3 is 2.45 bits per heavy atom. The van der Waals surface area contributed by atoms with E-state index in [9.17, 15) is 0 Å². The molecule has 0 saturated heterocycles. The molecule has 1 aromatic rings. The average Bonchev–Trinajstić information content (AvgIpc) is 2.39. The molecule has 1 heterocycles. The lowest BCUT2D eigenvalue weighted by Gasteiger charge is -2.32. The van der Waals surface area contributed by atoms with Crippen molar-refractivity contribution in [2.45, 2.75) is 33.2 Å². The SMILES string of the molecule is Cc1nnc(OCC(C)(C)N(C)C)c(C(N)=NO)c1C. The molecule has 3 N–H and O–H groups in total. The van der Waals surface area contributed by atoms with Gasteiger partial charge in [-0.1, -0.05) is 5.16 Å². The first-order valence-corrected chi connectivity index (χ1v) is 6.32. The van der Waals surface area contributed by atoms with Gasteiger partial charge in [0.2, 0.25) is 5.88 Å². The molecule has 7 nitrogen and oxygen atoms in total. The van der Waals surface area contributed by atoms with Crippen LogP contribution >= 0.6 is 0 Å². The fourth-order valence-electron chi connectivity index (χ4n) is 1.41. The Kier molecular flexibility index (Phi) is 4.88. The van der Waals surface area contributed by atoms with Crippen LogP contribution in [0.5, 0.6) is 5.88 Å². The van der Waals surface area contributed by atoms with E-state index >= 15 is 0 Å². The van der Waals surface area contributed by atoms with E-state index in [1.54, 1.807) is 0 Å². The van der Waals surface area contributed by atoms with Gasteiger partial charge in [-0.25, -0.2) is 0 Å². The van der Waals surface area contributed by atoms with Gasteiger partial charge in [0.25, 0.3) is 0 Å². The van der Waals surface area contributed by atoms with E-state index in [0.717, 1.165) is 5.56 Å². The van der Waals surface area contributed by atoms with Gasteiger partial charge in [0.15, 0.2) is 5.84 Å². The minimum absolute atomic E-state index is 0.0295. The number of aromatic nitrogens is 2. The Hall–Kier alpha value is -1.89. The van der Waals surface area contributed by atoms with Crippen molar-refractivity contribution in [2.24, 2.45) is 10.9 Å². The summed E-state index contributed by atoms with van der Waals surface area (Å²) in [5.74, 6) is 0.247. The highest BCUT2D eigenvalue weighted by molar-refractivity contribution is 6.00. The summed E-state index contributed by atoms with van der Waals surface area (Å²) >= 11 is 0. The first-order chi connectivity index (χ1) is 9.20. The summed E-state index contributed by atoms with van der Waals surface area (Å²) in [6.07, 6.45) is 0. The van der Waals surface area contributed by atoms with Gasteiger partial charge in [0.05, 0.1) is 11.3 Å². The Bertz CT molecular complexity index is 512. The summed E-state index contributed by atoms with van der Waals surface area (Å²) in [6, 6.07) is 0. The third-order valence-corrected chi connectivity index (χ3v) is 3.56. The molecule has 1 aromatic heterocycles. The maximum atomic E-state index is 8.90. The van der Waals surface area contributed by atoms with Crippen molar-refractivity contribution >= 4 is 5.84 Å². The van der Waals surface area contributed by atoms with Gasteiger partial charge in [0, 0.05) is 5.54 Å². The van der Waals surface area contributed by atoms with Gasteiger partial charge in [0.1, 0.15) is 6.61 Å². The number of aryl methyl sites for hydroxylation is 1. The number of nitrogens with two attached hydrogens (primary N) is 1. The van der Waals surface area contributed by atoms with Crippen LogP contribution in [0, 0.1) is 13.8 Å². The van der Waals surface area contributed by atoms with Gasteiger partial charge in [-0.05, 0) is 47.4 Å². The molecule has 0 unspecified atom stereocenters. The molecule has 0 fully saturated rings. The standard InChI is InChI=1S/C13H23N5O2/c1-8-9(2)15-16-12(10(8)11(14)17-19)20-7-13(3,4)18(5)6/h19H,7H2,1-6H3,(H2,14,17). The van der Waals surface area contributed by atoms with E-state index in [1.165, 1.54) is 0 Å². The van der Waals surface area contributed by atoms with Gasteiger partial charge in [-0.2, -0.15) is 5.10 Å². The van der Waals surface area contributed by atoms with Crippen molar-refractivity contribution in [3.63, 3.8) is 0 Å². The van der Waals surface area contributed by atoms with Crippen LogP contribution in [-0.4, -0.2) is 52.4 Å². The number of hydrogen-bond donors (Lipinski definition) is 2. The normalized spacial score (nSPS) is 12.8. The van der Waals surface area contributed by atoms with E-state index < -0.39 is 0 Å². The van der Waals surface area contributed by atoms with E-state index in [2.05, 4.69) is 15.4 Å². The molecule has 0 aliphatic rings. The number of nitrogens with zero attached hydrogens (tertiary/aromatic N) is 4. The fraction of sp³-hybridized carbons (Fsp3) is 0.615. The summed E-state index contributed by atoms with van der Waals surface area (Å²) in [5.41, 5.74) is 7.51. The molecule has 112 valence electrons. The Balaban J connectivity index is 3.11. The first kappa shape index (κ1) is 16.2. The van der Waals surface area contributed by atoms with Gasteiger partial charge >= 0.3 is 0 Å². The van der Waals surface area contributed by atoms with Crippen LogP contribution in [0.4, 0.5) is 0 Å². The second kappa shape index (κ2) is 6.04. The van der Waals surface area contributed by atoms with Crippen LogP contribution in [0.3, 0.4) is 0 Å². The number of amidine groups is 1. The van der Waals surface area contributed by atoms with Crippen molar-refractivity contribution in [1.29, 1.82) is 0 Å². The minimum atomic E-state index is -0.178. The Labute approximate surface area is 119 Å². The van der Waals surface area contributed by atoms with E-state index in [4.69, 9.17) is 15.7 Å². The summed E-state index contributed by atoms with van der Waals surface area (Å²) in [4.78, 5) is 2.05. The highest BCUT2D eigenvalue weighted by Gasteiger charge is 2.24. The number of oxime groups is 1. The summed E-state index contributed by atoms with van der Waals surface area (Å²) in [6.45, 7) is 8.14. The minimum Gasteiger partial charge on any atom is -0.474 e. The number of likely N-dealkylation sites (N-methyl/N-ethyl adjacent to an activating group) is 1. The Morgan fingerprint density at radius 1 is 1.35 bits per heavy atom. The second-order valence-electron chi connectivity index (χ2n) is 5.57. The maximum absolute atomic E-state index is 8.90. The Morgan fingerprint density at radius 2 is 1.95 bits per heavy atom. The highest BCUT2D eigenvalue weighted by Crippen LogP contribution is 2.22. The third kappa shape index (κ3) is 3.36. The molecule has 20 heavy (non-hydrogen) atoms. The van der Waals surface area contributed by atoms with Crippen molar-refractivity contribution < 1.29 is 9.94 Å². The highest BCUT2D eigenvalue weighted by atomic mass is 16.5. The van der Waals surface area contributed by atoms with Crippen LogP contribution in [0.15, 0.2) is 5.16 Å². The van der Waals surface area contributed by atoms with Crippen LogP contribution in [0.2, 0.25) is 0 Å². The number of ether oxygens (including phenoxy) is 1. The molecule has 1 rings (SSSR count). The molecular weight excluding hydrogens is 258 g/mol. The number of rotatable bonds is 5. The molecule has 0 amide bonds. The predicted molar refractivity (Wildman–Crippen MR) is 77.3 cm³/mol. The average molecular weight is 281 g/mol. The maximum Gasteiger partial charge on any atom is 0.245 e. The van der Waals surface area contributed by atoms with Crippen molar-refractivity contribution in [2.75, 3.05) is 20.7 Å². The molecular formula is C13H23N5O2. The third-order valence-electron chi connectivity index (χ3n) is 3.56. The van der Waals surface area contributed by atoms with Crippen molar-refractivity contribution in [1.82, 2.24) is 15.1 Å². The summed E-state index contributed by atoms with van der Waals surface area (Å²) in [5, 5.41) is 20.0. The molecule has 0 aromatic carbocycles. The molecule has 0 aliphatic heterocycles. The second-order valence-corrected chi connectivity index (χ2v) is 5.57. The lowest BCUT2D eigenvalue weighted by Crippen LogP contribution is -2.43. The molecule has 0 radical (unpaired) electrons. The topological polar surface area (TPSA) is 96.9 Å². The molecule has 0 spiro atoms. The van der Waals surface area contributed by atoms with Crippen LogP contribution < -0.4 is 10.5 Å². The molecule has 0 atom stereocenters. The van der Waals surface area contributed by atoms with Gasteiger partial charge in [-0.3, -0.25) is 0 Å². The van der Waals surface area contributed by atoms with Crippen molar-refractivity contribution in [3.8, 4) is 5.88 Å². The summed E-state index contributed by atoms with van der Waals surface area (Å²) in [7, 11) is 3.94. The summed E-state index contributed by atoms with van der Waals surface area (Å²) < 4.78 is 5.73. The first-order valence-electron chi connectivity index (χ1n) is 6.32. The molecule has 0 aliphatic carbocycles. The number of hydrogen-bond acceptors (Lipinski definition) is 6. The largest absolute Gasteiger partial charge is 0.474 e. The zero-order valence-corrected chi connectivity index (χ0v) is 12.9. The van der Waals surface area contributed by atoms with Gasteiger partial charge in [-0.15, -0.1) is 5.10 Å². The zero-order chi connectivity index (χ0) is 15.5. The molecule has 0 bridgehead atoms. The van der Waals surface area contributed by atoms with E-state index in [0.29, 0.717) is 17.9 Å². The molecule has 0 saturated carbocycles. The lowest BCUT2D eigenvalue weighted by atomic mass is 10.1. The van der Waals surface area contributed by atoms with E-state index in [1.807, 2.05) is 46.7 Å². The lowest BCUT2D eigenvalue weighted by molar-refractivity contribution is 0.110. The van der Waals surface area contributed by atoms with Crippen LogP contribution in [0.1, 0.15) is 30.7 Å². The monoisotopic (exact) mass is 281 g/mol. The van der Waals surface area contributed by atoms with Gasteiger partial charge < -0.3 is 20.6 Å². The van der Waals surface area contributed by atoms with Crippen LogP contribution in [0.25, 0.3) is 0 Å². The smallest absolute Gasteiger partial charge is 0.245 e.